The van der Waals surface area contributed by atoms with E-state index in [2.05, 4.69) is 15.8 Å². The molecule has 5 aliphatic rings. The maximum absolute atomic E-state index is 17.1. The van der Waals surface area contributed by atoms with E-state index < -0.39 is 17.2 Å². The number of rotatable bonds is 6. The van der Waals surface area contributed by atoms with Gasteiger partial charge in [0.1, 0.15) is 34.2 Å². The standard InChI is InChI=1S/C42H47F2N5O5/c1-3-29-32(43)8-7-26-18-28(50)19-30(34(26)29)36-35(44)37-31(22-45-36)38(48-14-17-53-24-40(2,51)23-48)47-39(46-37)54-25-42-9-4-6-33(42)49(13-5-10-42)27-20-41(21-27)11-15-52-16-12-41/h1,7-8,18-19,22,27,33,50-51H,4-6,9-17,20-21,23-25H2,2H3/t33-,40+,42-/m1/s1. The van der Waals surface area contributed by atoms with E-state index in [1.54, 1.807) is 6.92 Å². The van der Waals surface area contributed by atoms with Crippen molar-refractivity contribution in [3.05, 3.63) is 47.7 Å². The molecule has 284 valence electrons. The van der Waals surface area contributed by atoms with E-state index in [1.165, 1.54) is 43.3 Å². The van der Waals surface area contributed by atoms with E-state index in [4.69, 9.17) is 30.6 Å². The summed E-state index contributed by atoms with van der Waals surface area (Å²) in [7, 11) is 0. The van der Waals surface area contributed by atoms with Crippen LogP contribution in [-0.4, -0.2) is 100 Å². The number of anilines is 1. The number of piperidine rings is 1. The molecule has 2 aromatic carbocycles. The van der Waals surface area contributed by atoms with E-state index in [9.17, 15) is 14.6 Å². The number of phenols is 1. The van der Waals surface area contributed by atoms with Crippen molar-refractivity contribution < 1.29 is 33.2 Å². The highest BCUT2D eigenvalue weighted by Crippen LogP contribution is 2.55. The van der Waals surface area contributed by atoms with Gasteiger partial charge in [-0.05, 0) is 93.8 Å². The second-order valence-corrected chi connectivity index (χ2v) is 16.7. The van der Waals surface area contributed by atoms with Crippen molar-refractivity contribution in [2.45, 2.75) is 82.4 Å². The highest BCUT2D eigenvalue weighted by atomic mass is 19.1. The molecular formula is C42H47F2N5O5. The molecule has 0 unspecified atom stereocenters. The van der Waals surface area contributed by atoms with Crippen molar-refractivity contribution in [2.24, 2.45) is 10.8 Å². The molecule has 3 saturated heterocycles. The Morgan fingerprint density at radius 1 is 1.04 bits per heavy atom. The molecule has 2 aromatic heterocycles. The molecule has 2 N–H and O–H groups in total. The van der Waals surface area contributed by atoms with Crippen LogP contribution in [0.15, 0.2) is 30.5 Å². The van der Waals surface area contributed by atoms with Gasteiger partial charge in [-0.3, -0.25) is 9.88 Å². The average molecular weight is 740 g/mol. The summed E-state index contributed by atoms with van der Waals surface area (Å²) in [5.41, 5.74) is -0.917. The van der Waals surface area contributed by atoms with E-state index in [-0.39, 0.29) is 58.1 Å². The van der Waals surface area contributed by atoms with Crippen molar-refractivity contribution in [3.8, 4) is 35.4 Å². The minimum absolute atomic E-state index is 0.0384. The normalized spacial score (nSPS) is 27.5. The SMILES string of the molecule is C#Cc1c(F)ccc2cc(O)cc(-c3ncc4c(N5CCOC[C@@](C)(O)C5)nc(OC[C@]56CCC[C@H]5N(C5CC7(CCOCC7)C5)CCC6)nc4c3F)c12. The molecule has 54 heavy (non-hydrogen) atoms. The molecule has 12 heteroatoms. The number of phenolic OH excluding ortho intramolecular Hbond substituents is 1. The van der Waals surface area contributed by atoms with E-state index in [0.717, 1.165) is 64.7 Å². The topological polar surface area (TPSA) is 113 Å². The van der Waals surface area contributed by atoms with Crippen LogP contribution in [0.25, 0.3) is 32.9 Å². The van der Waals surface area contributed by atoms with Crippen LogP contribution in [0.3, 0.4) is 0 Å². The van der Waals surface area contributed by atoms with Crippen LogP contribution < -0.4 is 9.64 Å². The van der Waals surface area contributed by atoms with Crippen molar-refractivity contribution in [3.63, 3.8) is 0 Å². The lowest BCUT2D eigenvalue weighted by Crippen LogP contribution is -2.61. The molecule has 4 aromatic rings. The second kappa shape index (κ2) is 13.6. The van der Waals surface area contributed by atoms with Gasteiger partial charge in [-0.1, -0.05) is 18.4 Å². The second-order valence-electron chi connectivity index (χ2n) is 16.7. The third-order valence-electron chi connectivity index (χ3n) is 13.0. The van der Waals surface area contributed by atoms with Gasteiger partial charge in [0.05, 0.1) is 37.3 Å². The smallest absolute Gasteiger partial charge is 0.319 e. The van der Waals surface area contributed by atoms with Gasteiger partial charge in [-0.25, -0.2) is 8.78 Å². The van der Waals surface area contributed by atoms with Crippen LogP contribution in [0.5, 0.6) is 11.8 Å². The number of benzene rings is 2. The van der Waals surface area contributed by atoms with Gasteiger partial charge < -0.3 is 29.3 Å². The number of pyridine rings is 1. The molecule has 2 saturated carbocycles. The molecule has 5 heterocycles. The predicted octanol–water partition coefficient (Wildman–Crippen LogP) is 6.37. The number of hydrogen-bond acceptors (Lipinski definition) is 10. The van der Waals surface area contributed by atoms with Gasteiger partial charge in [-0.2, -0.15) is 9.97 Å². The van der Waals surface area contributed by atoms with Crippen LogP contribution in [-0.2, 0) is 9.47 Å². The number of fused-ring (bicyclic) bond motifs is 3. The maximum atomic E-state index is 17.1. The molecule has 10 nitrogen and oxygen atoms in total. The minimum Gasteiger partial charge on any atom is -0.508 e. The molecule has 3 atom stereocenters. The lowest BCUT2D eigenvalue weighted by atomic mass is 9.60. The fourth-order valence-corrected chi connectivity index (χ4v) is 10.4. The molecular weight excluding hydrogens is 692 g/mol. The molecule has 9 rings (SSSR count). The van der Waals surface area contributed by atoms with Crippen LogP contribution in [0.1, 0.15) is 70.3 Å². The third-order valence-corrected chi connectivity index (χ3v) is 13.0. The molecule has 2 aliphatic carbocycles. The van der Waals surface area contributed by atoms with Crippen molar-refractivity contribution in [1.82, 2.24) is 19.9 Å². The van der Waals surface area contributed by atoms with E-state index in [1.807, 2.05) is 4.90 Å². The highest BCUT2D eigenvalue weighted by molar-refractivity contribution is 6.03. The molecule has 5 fully saturated rings. The Labute approximate surface area is 313 Å². The Hall–Kier alpha value is -4.15. The monoisotopic (exact) mass is 739 g/mol. The molecule has 1 spiro atoms. The van der Waals surface area contributed by atoms with Crippen molar-refractivity contribution in [2.75, 3.05) is 57.6 Å². The minimum atomic E-state index is -1.19. The number of terminal acetylenes is 1. The van der Waals surface area contributed by atoms with Gasteiger partial charge in [-0.15, -0.1) is 6.42 Å². The maximum Gasteiger partial charge on any atom is 0.319 e. The van der Waals surface area contributed by atoms with Crippen molar-refractivity contribution >= 4 is 27.5 Å². The summed E-state index contributed by atoms with van der Waals surface area (Å²) in [6.07, 6.45) is 17.5. The summed E-state index contributed by atoms with van der Waals surface area (Å²) in [4.78, 5) is 18.7. The van der Waals surface area contributed by atoms with Crippen LogP contribution in [0.2, 0.25) is 0 Å². The number of hydrogen-bond donors (Lipinski definition) is 2. The van der Waals surface area contributed by atoms with E-state index >= 15 is 4.39 Å². The van der Waals surface area contributed by atoms with Crippen molar-refractivity contribution in [1.29, 1.82) is 0 Å². The van der Waals surface area contributed by atoms with Gasteiger partial charge in [0.2, 0.25) is 0 Å². The third kappa shape index (κ3) is 6.13. The Balaban J connectivity index is 1.10. The number of aromatic nitrogens is 3. The number of aliphatic hydroxyl groups is 1. The Morgan fingerprint density at radius 3 is 2.67 bits per heavy atom. The largest absolute Gasteiger partial charge is 0.508 e. The summed E-state index contributed by atoms with van der Waals surface area (Å²) in [5, 5.41) is 22.8. The Bertz CT molecular complexity index is 2140. The van der Waals surface area contributed by atoms with Gasteiger partial charge >= 0.3 is 6.01 Å². The summed E-state index contributed by atoms with van der Waals surface area (Å²) in [6.45, 7) is 5.99. The number of ether oxygens (including phenoxy) is 3. The number of aromatic hydroxyl groups is 1. The fraction of sp³-hybridized carbons (Fsp3) is 0.548. The zero-order valence-corrected chi connectivity index (χ0v) is 30.8. The predicted molar refractivity (Wildman–Crippen MR) is 200 cm³/mol. The lowest BCUT2D eigenvalue weighted by Gasteiger charge is -2.58. The summed E-state index contributed by atoms with van der Waals surface area (Å²) < 4.78 is 50.1. The molecule has 0 amide bonds. The zero-order valence-electron chi connectivity index (χ0n) is 30.8. The number of halogens is 2. The van der Waals surface area contributed by atoms with Gasteiger partial charge in [0.15, 0.2) is 5.82 Å². The van der Waals surface area contributed by atoms with Crippen LogP contribution >= 0.6 is 0 Å². The highest BCUT2D eigenvalue weighted by Gasteiger charge is 2.55. The number of nitrogens with zero attached hydrogens (tertiary/aromatic N) is 5. The molecule has 0 radical (unpaired) electrons. The van der Waals surface area contributed by atoms with Gasteiger partial charge in [0, 0.05) is 54.4 Å². The van der Waals surface area contributed by atoms with E-state index in [0.29, 0.717) is 53.8 Å². The Morgan fingerprint density at radius 2 is 1.85 bits per heavy atom. The fourth-order valence-electron chi connectivity index (χ4n) is 10.4. The average Bonchev–Trinajstić information content (AvgIpc) is 3.50. The lowest BCUT2D eigenvalue weighted by molar-refractivity contribution is -0.112. The molecule has 0 bridgehead atoms. The summed E-state index contributed by atoms with van der Waals surface area (Å²) in [5.74, 6) is 1.19. The first-order valence-corrected chi connectivity index (χ1v) is 19.4. The number of β-amino-alcohol motifs (C(OH)–C–C–N with tert-alkyl or cyclic N) is 1. The zero-order chi connectivity index (χ0) is 37.2. The quantitative estimate of drug-likeness (QED) is 0.217. The van der Waals surface area contributed by atoms with Crippen LogP contribution in [0.4, 0.5) is 14.6 Å². The first kappa shape index (κ1) is 35.5. The van der Waals surface area contributed by atoms with Crippen LogP contribution in [0, 0.1) is 34.8 Å². The number of likely N-dealkylation sites (tertiary alicyclic amines) is 1. The summed E-state index contributed by atoms with van der Waals surface area (Å²) in [6, 6.07) is 6.53. The summed E-state index contributed by atoms with van der Waals surface area (Å²) >= 11 is 0. The first-order chi connectivity index (χ1) is 26.1. The first-order valence-electron chi connectivity index (χ1n) is 19.4. The van der Waals surface area contributed by atoms with Gasteiger partial charge in [0.25, 0.3) is 0 Å². The Kier molecular flexibility index (Phi) is 8.92. The molecule has 3 aliphatic heterocycles.